The van der Waals surface area contributed by atoms with Crippen LogP contribution in [-0.2, 0) is 9.47 Å². The van der Waals surface area contributed by atoms with Crippen molar-refractivity contribution in [2.45, 2.75) is 20.1 Å². The molecule has 4 heteroatoms. The van der Waals surface area contributed by atoms with Crippen molar-refractivity contribution >= 4 is 10.4 Å². The van der Waals surface area contributed by atoms with Gasteiger partial charge in [-0.25, -0.2) is 0 Å². The molecular weight excluding hydrogens is 146 g/mol. The second kappa shape index (κ2) is 7.21. The number of rotatable bonds is 6. The number of hydrogen-bond donors (Lipinski definition) is 1. The maximum absolute atomic E-state index is 5.26. The zero-order valence-corrected chi connectivity index (χ0v) is 9.02. The van der Waals surface area contributed by atoms with Gasteiger partial charge in [0.2, 0.25) is 0 Å². The summed E-state index contributed by atoms with van der Waals surface area (Å²) in [4.78, 5) is 3.13. The molecule has 10 heavy (non-hydrogen) atoms. The fraction of sp³-hybridized carbons (Fsp3) is 1.00. The Kier molecular flexibility index (Phi) is 7.28. The van der Waals surface area contributed by atoms with Crippen molar-refractivity contribution in [1.29, 1.82) is 0 Å². The fourth-order valence-corrected chi connectivity index (χ4v) is 1.04. The molecule has 0 aliphatic carbocycles. The van der Waals surface area contributed by atoms with E-state index in [1.54, 1.807) is 0 Å². The first kappa shape index (κ1) is 10.1. The SMILES string of the molecule is CCOC(CN[SiH3])OCC. The van der Waals surface area contributed by atoms with E-state index in [0.717, 1.165) is 16.9 Å². The van der Waals surface area contributed by atoms with Gasteiger partial charge in [-0.3, -0.25) is 0 Å². The standard InChI is InChI=1S/C6H17NO2Si/c1-3-8-6(5-7-10)9-4-2/h6-7H,3-5H2,1-2,10H3. The number of hydrogen-bond acceptors (Lipinski definition) is 3. The van der Waals surface area contributed by atoms with Crippen LogP contribution >= 0.6 is 0 Å². The van der Waals surface area contributed by atoms with Crippen LogP contribution in [0.4, 0.5) is 0 Å². The van der Waals surface area contributed by atoms with Crippen LogP contribution in [-0.4, -0.2) is 36.5 Å². The lowest BCUT2D eigenvalue weighted by molar-refractivity contribution is -0.130. The van der Waals surface area contributed by atoms with E-state index in [-0.39, 0.29) is 6.29 Å². The van der Waals surface area contributed by atoms with E-state index in [9.17, 15) is 0 Å². The second-order valence-electron chi connectivity index (χ2n) is 1.90. The van der Waals surface area contributed by atoms with E-state index in [1.165, 1.54) is 0 Å². The Labute approximate surface area is 65.6 Å². The maximum Gasteiger partial charge on any atom is 0.169 e. The number of ether oxygens (including phenoxy) is 2. The zero-order chi connectivity index (χ0) is 7.82. The minimum absolute atomic E-state index is 0.0486. The first-order valence-electron chi connectivity index (χ1n) is 3.72. The van der Waals surface area contributed by atoms with Crippen LogP contribution in [0.25, 0.3) is 0 Å². The highest BCUT2D eigenvalue weighted by atomic mass is 28.2. The third-order valence-corrected chi connectivity index (χ3v) is 1.48. The Hall–Kier alpha value is 0.0969. The second-order valence-corrected chi connectivity index (χ2v) is 2.61. The Morgan fingerprint density at radius 1 is 1.30 bits per heavy atom. The highest BCUT2D eigenvalue weighted by molar-refractivity contribution is 6.04. The zero-order valence-electron chi connectivity index (χ0n) is 7.02. The van der Waals surface area contributed by atoms with Gasteiger partial charge in [0, 0.05) is 19.8 Å². The Bertz CT molecular complexity index is 58.5. The molecule has 3 nitrogen and oxygen atoms in total. The minimum atomic E-state index is -0.0486. The molecule has 0 fully saturated rings. The van der Waals surface area contributed by atoms with Gasteiger partial charge in [-0.1, -0.05) is 0 Å². The van der Waals surface area contributed by atoms with Crippen LogP contribution in [0.5, 0.6) is 0 Å². The summed E-state index contributed by atoms with van der Waals surface area (Å²) in [6, 6.07) is 0. The molecule has 1 N–H and O–H groups in total. The molecule has 0 radical (unpaired) electrons. The van der Waals surface area contributed by atoms with Crippen molar-refractivity contribution in [2.24, 2.45) is 0 Å². The monoisotopic (exact) mass is 163 g/mol. The molecule has 0 aromatic rings. The van der Waals surface area contributed by atoms with E-state index < -0.39 is 0 Å². The summed E-state index contributed by atoms with van der Waals surface area (Å²) in [5.41, 5.74) is 0. The van der Waals surface area contributed by atoms with Crippen LogP contribution in [0.1, 0.15) is 13.8 Å². The van der Waals surface area contributed by atoms with Gasteiger partial charge in [-0.15, -0.1) is 0 Å². The smallest absolute Gasteiger partial charge is 0.169 e. The summed E-state index contributed by atoms with van der Waals surface area (Å²) in [6.07, 6.45) is -0.0486. The molecule has 0 saturated carbocycles. The molecule has 0 heterocycles. The van der Waals surface area contributed by atoms with Crippen LogP contribution in [0.15, 0.2) is 0 Å². The van der Waals surface area contributed by atoms with Gasteiger partial charge < -0.3 is 14.5 Å². The third-order valence-electron chi connectivity index (χ3n) is 1.08. The first-order chi connectivity index (χ1) is 4.85. The average Bonchev–Trinajstić information content (AvgIpc) is 1.90. The van der Waals surface area contributed by atoms with Gasteiger partial charge in [0.1, 0.15) is 0 Å². The van der Waals surface area contributed by atoms with Crippen LogP contribution in [0, 0.1) is 0 Å². The van der Waals surface area contributed by atoms with Gasteiger partial charge in [-0.05, 0) is 13.8 Å². The Morgan fingerprint density at radius 3 is 2.10 bits per heavy atom. The van der Waals surface area contributed by atoms with Gasteiger partial charge in [0.15, 0.2) is 6.29 Å². The van der Waals surface area contributed by atoms with Gasteiger partial charge in [0.05, 0.1) is 10.4 Å². The molecule has 0 saturated heterocycles. The predicted octanol–water partition coefficient (Wildman–Crippen LogP) is -0.745. The van der Waals surface area contributed by atoms with Crippen molar-refractivity contribution < 1.29 is 9.47 Å². The molecule has 0 rings (SSSR count). The van der Waals surface area contributed by atoms with E-state index in [2.05, 4.69) is 4.98 Å². The van der Waals surface area contributed by atoms with E-state index in [0.29, 0.717) is 13.2 Å². The van der Waals surface area contributed by atoms with E-state index in [4.69, 9.17) is 9.47 Å². The molecule has 0 atom stereocenters. The van der Waals surface area contributed by atoms with Crippen molar-refractivity contribution in [1.82, 2.24) is 4.98 Å². The molecule has 0 bridgehead atoms. The minimum Gasteiger partial charge on any atom is -0.352 e. The first-order valence-corrected chi connectivity index (χ1v) is 4.72. The summed E-state index contributed by atoms with van der Waals surface area (Å²) in [7, 11) is 0.991. The van der Waals surface area contributed by atoms with Gasteiger partial charge in [-0.2, -0.15) is 0 Å². The van der Waals surface area contributed by atoms with Crippen LogP contribution in [0.2, 0.25) is 0 Å². The Balaban J connectivity index is 3.30. The van der Waals surface area contributed by atoms with Crippen LogP contribution < -0.4 is 4.98 Å². The fourth-order valence-electron chi connectivity index (χ4n) is 0.704. The number of nitrogens with one attached hydrogen (secondary N) is 1. The molecular formula is C6H17NO2Si. The summed E-state index contributed by atoms with van der Waals surface area (Å²) < 4.78 is 10.5. The summed E-state index contributed by atoms with van der Waals surface area (Å²) in [5.74, 6) is 0. The van der Waals surface area contributed by atoms with Crippen molar-refractivity contribution in [3.05, 3.63) is 0 Å². The molecule has 0 aliphatic rings. The Morgan fingerprint density at radius 2 is 1.80 bits per heavy atom. The summed E-state index contributed by atoms with van der Waals surface area (Å²) >= 11 is 0. The van der Waals surface area contributed by atoms with E-state index in [1.807, 2.05) is 13.8 Å². The molecule has 0 spiro atoms. The molecule has 0 aromatic carbocycles. The normalized spacial score (nSPS) is 11.1. The average molecular weight is 163 g/mol. The van der Waals surface area contributed by atoms with E-state index >= 15 is 0 Å². The lowest BCUT2D eigenvalue weighted by Crippen LogP contribution is -2.30. The molecule has 0 aliphatic heterocycles. The maximum atomic E-state index is 5.26. The van der Waals surface area contributed by atoms with Crippen molar-refractivity contribution in [3.8, 4) is 0 Å². The van der Waals surface area contributed by atoms with Gasteiger partial charge in [0.25, 0.3) is 0 Å². The predicted molar refractivity (Wildman–Crippen MR) is 45.0 cm³/mol. The summed E-state index contributed by atoms with van der Waals surface area (Å²) in [6.45, 7) is 6.19. The third kappa shape index (κ3) is 4.93. The quantitative estimate of drug-likeness (QED) is 0.413. The summed E-state index contributed by atoms with van der Waals surface area (Å²) in [5, 5.41) is 0. The van der Waals surface area contributed by atoms with Crippen molar-refractivity contribution in [2.75, 3.05) is 19.8 Å². The lowest BCUT2D eigenvalue weighted by atomic mass is 10.6. The lowest BCUT2D eigenvalue weighted by Gasteiger charge is -2.15. The topological polar surface area (TPSA) is 30.5 Å². The van der Waals surface area contributed by atoms with Gasteiger partial charge >= 0.3 is 0 Å². The molecule has 62 valence electrons. The largest absolute Gasteiger partial charge is 0.352 e. The molecule has 0 unspecified atom stereocenters. The highest BCUT2D eigenvalue weighted by Crippen LogP contribution is 1.91. The molecule has 0 aromatic heterocycles. The van der Waals surface area contributed by atoms with Crippen molar-refractivity contribution in [3.63, 3.8) is 0 Å². The van der Waals surface area contributed by atoms with Crippen LogP contribution in [0.3, 0.4) is 0 Å². The molecule has 0 amide bonds. The highest BCUT2D eigenvalue weighted by Gasteiger charge is 2.03.